The van der Waals surface area contributed by atoms with Crippen molar-refractivity contribution in [2.75, 3.05) is 26.3 Å². The van der Waals surface area contributed by atoms with Gasteiger partial charge in [-0.3, -0.25) is 4.90 Å². The molecule has 1 aliphatic heterocycles. The van der Waals surface area contributed by atoms with Gasteiger partial charge in [-0.2, -0.15) is 0 Å². The van der Waals surface area contributed by atoms with Crippen molar-refractivity contribution in [2.24, 2.45) is 0 Å². The van der Waals surface area contributed by atoms with Crippen molar-refractivity contribution in [2.45, 2.75) is 13.2 Å². The smallest absolute Gasteiger partial charge is 0.118 e. The van der Waals surface area contributed by atoms with E-state index in [0.29, 0.717) is 0 Å². The van der Waals surface area contributed by atoms with E-state index in [0.717, 1.165) is 43.5 Å². The van der Waals surface area contributed by atoms with Crippen LogP contribution in [0.5, 0.6) is 0 Å². The molecule has 0 saturated carbocycles. The summed E-state index contributed by atoms with van der Waals surface area (Å²) in [5, 5.41) is 11.7. The Morgan fingerprint density at radius 1 is 1.50 bits per heavy atom. The second-order valence-electron chi connectivity index (χ2n) is 3.28. The van der Waals surface area contributed by atoms with E-state index in [4.69, 9.17) is 9.84 Å². The van der Waals surface area contributed by atoms with E-state index in [1.165, 1.54) is 11.3 Å². The third-order valence-corrected chi connectivity index (χ3v) is 3.11. The van der Waals surface area contributed by atoms with Crippen molar-refractivity contribution < 1.29 is 9.84 Å². The van der Waals surface area contributed by atoms with Gasteiger partial charge in [0.05, 0.1) is 25.5 Å². The molecule has 0 aliphatic carbocycles. The molecule has 2 heterocycles. The number of aromatic nitrogens is 1. The normalized spacial score (nSPS) is 18.6. The van der Waals surface area contributed by atoms with Crippen molar-refractivity contribution in [1.82, 2.24) is 9.88 Å². The van der Waals surface area contributed by atoms with Crippen LogP contribution in [0.25, 0.3) is 0 Å². The monoisotopic (exact) mass is 214 g/mol. The van der Waals surface area contributed by atoms with Gasteiger partial charge in [0.2, 0.25) is 0 Å². The molecule has 0 amide bonds. The molecule has 1 saturated heterocycles. The molecule has 78 valence electrons. The zero-order valence-electron chi connectivity index (χ0n) is 7.98. The Morgan fingerprint density at radius 3 is 2.93 bits per heavy atom. The predicted octanol–water partition coefficient (Wildman–Crippen LogP) is 0.468. The van der Waals surface area contributed by atoms with Gasteiger partial charge in [-0.1, -0.05) is 0 Å². The third kappa shape index (κ3) is 2.51. The maximum atomic E-state index is 8.87. The molecule has 0 radical (unpaired) electrons. The first kappa shape index (κ1) is 10.0. The predicted molar refractivity (Wildman–Crippen MR) is 54.1 cm³/mol. The summed E-state index contributed by atoms with van der Waals surface area (Å²) >= 11 is 1.52. The van der Waals surface area contributed by atoms with E-state index in [1.807, 2.05) is 5.38 Å². The highest BCUT2D eigenvalue weighted by Crippen LogP contribution is 2.12. The van der Waals surface area contributed by atoms with Gasteiger partial charge in [-0.15, -0.1) is 11.3 Å². The lowest BCUT2D eigenvalue weighted by Crippen LogP contribution is -2.35. The number of rotatable bonds is 3. The minimum absolute atomic E-state index is 0.0494. The van der Waals surface area contributed by atoms with Crippen LogP contribution in [-0.2, 0) is 17.9 Å². The number of aliphatic hydroxyl groups excluding tert-OH is 1. The molecule has 1 N–H and O–H groups in total. The van der Waals surface area contributed by atoms with E-state index in [9.17, 15) is 0 Å². The summed E-state index contributed by atoms with van der Waals surface area (Å²) < 4.78 is 5.26. The Hall–Kier alpha value is -0.490. The van der Waals surface area contributed by atoms with E-state index in [1.54, 1.807) is 0 Å². The minimum atomic E-state index is 0.0494. The first-order chi connectivity index (χ1) is 6.88. The zero-order chi connectivity index (χ0) is 9.80. The topological polar surface area (TPSA) is 45.6 Å². The van der Waals surface area contributed by atoms with Crippen molar-refractivity contribution in [3.8, 4) is 0 Å². The first-order valence-electron chi connectivity index (χ1n) is 4.73. The number of hydrogen-bond acceptors (Lipinski definition) is 5. The van der Waals surface area contributed by atoms with E-state index >= 15 is 0 Å². The molecule has 1 aliphatic rings. The lowest BCUT2D eigenvalue weighted by atomic mass is 10.3. The van der Waals surface area contributed by atoms with Crippen LogP contribution >= 0.6 is 11.3 Å². The fourth-order valence-corrected chi connectivity index (χ4v) is 2.13. The fourth-order valence-electron chi connectivity index (χ4n) is 1.48. The molecule has 0 aromatic carbocycles. The minimum Gasteiger partial charge on any atom is -0.389 e. The maximum absolute atomic E-state index is 8.87. The Labute approximate surface area is 87.1 Å². The van der Waals surface area contributed by atoms with Gasteiger partial charge in [0.1, 0.15) is 5.01 Å². The molecule has 1 fully saturated rings. The summed E-state index contributed by atoms with van der Waals surface area (Å²) in [6.45, 7) is 4.51. The van der Waals surface area contributed by atoms with Crippen molar-refractivity contribution in [3.63, 3.8) is 0 Å². The summed E-state index contributed by atoms with van der Waals surface area (Å²) in [4.78, 5) is 6.63. The second-order valence-corrected chi connectivity index (χ2v) is 4.22. The molecule has 2 rings (SSSR count). The van der Waals surface area contributed by atoms with Crippen LogP contribution in [0, 0.1) is 0 Å². The molecule has 14 heavy (non-hydrogen) atoms. The molecular formula is C9H14N2O2S. The largest absolute Gasteiger partial charge is 0.389 e. The van der Waals surface area contributed by atoms with Crippen LogP contribution in [0.15, 0.2) is 5.38 Å². The number of ether oxygens (including phenoxy) is 1. The standard InChI is InChI=1S/C9H14N2O2S/c12-6-9-10-8(7-14-9)5-11-1-3-13-4-2-11/h7,12H,1-6H2. The summed E-state index contributed by atoms with van der Waals surface area (Å²) in [6, 6.07) is 0. The highest BCUT2D eigenvalue weighted by atomic mass is 32.1. The third-order valence-electron chi connectivity index (χ3n) is 2.22. The molecule has 1 aromatic rings. The summed E-state index contributed by atoms with van der Waals surface area (Å²) in [7, 11) is 0. The molecule has 1 aromatic heterocycles. The van der Waals surface area contributed by atoms with Gasteiger partial charge < -0.3 is 9.84 Å². The highest BCUT2D eigenvalue weighted by Gasteiger charge is 2.12. The number of morpholine rings is 1. The molecule has 0 spiro atoms. The molecular weight excluding hydrogens is 200 g/mol. The SMILES string of the molecule is OCc1nc(CN2CCOCC2)cs1. The zero-order valence-corrected chi connectivity index (χ0v) is 8.79. The van der Waals surface area contributed by atoms with Crippen molar-refractivity contribution in [1.29, 1.82) is 0 Å². The summed E-state index contributed by atoms with van der Waals surface area (Å²) in [5.41, 5.74) is 1.06. The van der Waals surface area contributed by atoms with Crippen LogP contribution in [0.2, 0.25) is 0 Å². The average Bonchev–Trinajstić information content (AvgIpc) is 2.67. The van der Waals surface area contributed by atoms with Gasteiger partial charge >= 0.3 is 0 Å². The van der Waals surface area contributed by atoms with Crippen molar-refractivity contribution in [3.05, 3.63) is 16.1 Å². The average molecular weight is 214 g/mol. The molecule has 0 bridgehead atoms. The van der Waals surface area contributed by atoms with Gasteiger partial charge in [0.25, 0.3) is 0 Å². The Balaban J connectivity index is 1.89. The van der Waals surface area contributed by atoms with Gasteiger partial charge in [-0.05, 0) is 0 Å². The first-order valence-corrected chi connectivity index (χ1v) is 5.60. The summed E-state index contributed by atoms with van der Waals surface area (Å²) in [5.74, 6) is 0. The number of thiazole rings is 1. The maximum Gasteiger partial charge on any atom is 0.118 e. The van der Waals surface area contributed by atoms with E-state index in [-0.39, 0.29) is 6.61 Å². The van der Waals surface area contributed by atoms with Crippen LogP contribution in [0.1, 0.15) is 10.7 Å². The Morgan fingerprint density at radius 2 is 2.29 bits per heavy atom. The van der Waals surface area contributed by atoms with Crippen LogP contribution in [0.4, 0.5) is 0 Å². The second kappa shape index (κ2) is 4.84. The van der Waals surface area contributed by atoms with Crippen LogP contribution in [-0.4, -0.2) is 41.3 Å². The Bertz CT molecular complexity index is 284. The van der Waals surface area contributed by atoms with E-state index < -0.39 is 0 Å². The molecule has 0 unspecified atom stereocenters. The van der Waals surface area contributed by atoms with Gasteiger partial charge in [0, 0.05) is 25.0 Å². The van der Waals surface area contributed by atoms with Crippen molar-refractivity contribution >= 4 is 11.3 Å². The quantitative estimate of drug-likeness (QED) is 0.794. The molecule has 4 nitrogen and oxygen atoms in total. The van der Waals surface area contributed by atoms with Gasteiger partial charge in [-0.25, -0.2) is 4.98 Å². The lowest BCUT2D eigenvalue weighted by molar-refractivity contribution is 0.0337. The number of hydrogen-bond donors (Lipinski definition) is 1. The van der Waals surface area contributed by atoms with Crippen LogP contribution < -0.4 is 0 Å². The van der Waals surface area contributed by atoms with E-state index in [2.05, 4.69) is 9.88 Å². The molecule has 5 heteroatoms. The van der Waals surface area contributed by atoms with Gasteiger partial charge in [0.15, 0.2) is 0 Å². The number of aliphatic hydroxyl groups is 1. The Kier molecular flexibility index (Phi) is 3.47. The highest BCUT2D eigenvalue weighted by molar-refractivity contribution is 7.09. The lowest BCUT2D eigenvalue weighted by Gasteiger charge is -2.25. The number of nitrogens with zero attached hydrogens (tertiary/aromatic N) is 2. The molecule has 0 atom stereocenters. The summed E-state index contributed by atoms with van der Waals surface area (Å²) in [6.07, 6.45) is 0. The fraction of sp³-hybridized carbons (Fsp3) is 0.667. The van der Waals surface area contributed by atoms with Crippen LogP contribution in [0.3, 0.4) is 0 Å².